The first-order valence-corrected chi connectivity index (χ1v) is 7.80. The Kier molecular flexibility index (Phi) is 6.49. The zero-order chi connectivity index (χ0) is 15.4. The minimum absolute atomic E-state index is 0. The van der Waals surface area contributed by atoms with Gasteiger partial charge < -0.3 is 20.7 Å². The maximum absolute atomic E-state index is 12.0. The fourth-order valence-corrected chi connectivity index (χ4v) is 2.94. The van der Waals surface area contributed by atoms with E-state index in [2.05, 4.69) is 10.3 Å². The van der Waals surface area contributed by atoms with Crippen molar-refractivity contribution in [2.24, 2.45) is 10.7 Å². The van der Waals surface area contributed by atoms with Crippen molar-refractivity contribution in [2.75, 3.05) is 26.2 Å². The molecule has 6 nitrogen and oxygen atoms in total. The van der Waals surface area contributed by atoms with E-state index in [1.165, 1.54) is 0 Å². The number of benzene rings is 1. The van der Waals surface area contributed by atoms with Crippen LogP contribution in [0.2, 0.25) is 0 Å². The Morgan fingerprint density at radius 3 is 2.87 bits per heavy atom. The van der Waals surface area contributed by atoms with Gasteiger partial charge in [0.05, 0.1) is 12.6 Å². The van der Waals surface area contributed by atoms with Crippen LogP contribution in [0.1, 0.15) is 30.9 Å². The first kappa shape index (κ1) is 17.8. The van der Waals surface area contributed by atoms with Crippen LogP contribution in [0, 0.1) is 0 Å². The van der Waals surface area contributed by atoms with Crippen molar-refractivity contribution < 1.29 is 9.53 Å². The van der Waals surface area contributed by atoms with Gasteiger partial charge in [0, 0.05) is 25.1 Å². The number of hydrogen-bond acceptors (Lipinski definition) is 3. The summed E-state index contributed by atoms with van der Waals surface area (Å²) in [7, 11) is 0. The van der Waals surface area contributed by atoms with Gasteiger partial charge in [0.1, 0.15) is 12.3 Å². The first-order chi connectivity index (χ1) is 10.7. The number of nitrogens with two attached hydrogens (primary N) is 1. The van der Waals surface area contributed by atoms with E-state index < -0.39 is 0 Å². The summed E-state index contributed by atoms with van der Waals surface area (Å²) in [6.07, 6.45) is 3.00. The highest BCUT2D eigenvalue weighted by Crippen LogP contribution is 2.31. The fraction of sp³-hybridized carbons (Fsp3) is 0.500. The van der Waals surface area contributed by atoms with Crippen molar-refractivity contribution in [1.82, 2.24) is 10.2 Å². The largest absolute Gasteiger partial charge is 0.493 e. The number of nitrogens with zero attached hydrogens (tertiary/aromatic N) is 2. The molecule has 0 saturated carbocycles. The Labute approximate surface area is 153 Å². The van der Waals surface area contributed by atoms with Gasteiger partial charge in [-0.1, -0.05) is 18.2 Å². The molecule has 0 aromatic heterocycles. The highest BCUT2D eigenvalue weighted by Gasteiger charge is 2.21. The standard InChI is InChI=1S/C16H22N4O2.HI/c17-16(18-11-15(21)20-8-3-4-9-20)19-13-7-10-22-14-6-2-1-5-12(13)14;/h1-2,5-6,13H,3-4,7-11H2,(H3,17,18,19);1H. The number of guanidine groups is 1. The van der Waals surface area contributed by atoms with Crippen LogP contribution in [0.5, 0.6) is 5.75 Å². The molecule has 1 fully saturated rings. The summed E-state index contributed by atoms with van der Waals surface area (Å²) in [4.78, 5) is 18.0. The molecular formula is C16H23IN4O2. The minimum Gasteiger partial charge on any atom is -0.493 e. The number of likely N-dealkylation sites (tertiary alicyclic amines) is 1. The lowest BCUT2D eigenvalue weighted by Crippen LogP contribution is -2.38. The third-order valence-electron chi connectivity index (χ3n) is 4.12. The van der Waals surface area contributed by atoms with Crippen molar-refractivity contribution >= 4 is 35.8 Å². The molecule has 126 valence electrons. The number of aliphatic imine (C=N–C) groups is 1. The Balaban J connectivity index is 0.00000192. The molecule has 1 saturated heterocycles. The number of fused-ring (bicyclic) bond motifs is 1. The van der Waals surface area contributed by atoms with Crippen molar-refractivity contribution in [1.29, 1.82) is 0 Å². The van der Waals surface area contributed by atoms with Crippen molar-refractivity contribution in [3.8, 4) is 5.75 Å². The molecule has 1 unspecified atom stereocenters. The summed E-state index contributed by atoms with van der Waals surface area (Å²) in [6.45, 7) is 2.45. The molecule has 1 aromatic carbocycles. The molecular weight excluding hydrogens is 407 g/mol. The molecule has 3 rings (SSSR count). The van der Waals surface area contributed by atoms with E-state index in [9.17, 15) is 4.79 Å². The Morgan fingerprint density at radius 2 is 2.09 bits per heavy atom. The number of ether oxygens (including phenoxy) is 1. The molecule has 0 spiro atoms. The molecule has 2 aliphatic rings. The summed E-state index contributed by atoms with van der Waals surface area (Å²) in [5.41, 5.74) is 7.02. The number of para-hydroxylation sites is 1. The van der Waals surface area contributed by atoms with Crippen LogP contribution in [0.15, 0.2) is 29.3 Å². The van der Waals surface area contributed by atoms with Crippen LogP contribution in [-0.4, -0.2) is 43.0 Å². The number of carbonyl (C=O) groups excluding carboxylic acids is 1. The number of hydrogen-bond donors (Lipinski definition) is 2. The van der Waals surface area contributed by atoms with E-state index in [1.807, 2.05) is 29.2 Å². The summed E-state index contributed by atoms with van der Waals surface area (Å²) in [6, 6.07) is 7.98. The van der Waals surface area contributed by atoms with Gasteiger partial charge in [-0.25, -0.2) is 4.99 Å². The molecule has 2 heterocycles. The molecule has 1 atom stereocenters. The predicted octanol–water partition coefficient (Wildman–Crippen LogP) is 1.65. The number of halogens is 1. The topological polar surface area (TPSA) is 80.0 Å². The van der Waals surface area contributed by atoms with Gasteiger partial charge in [0.2, 0.25) is 5.91 Å². The van der Waals surface area contributed by atoms with Crippen LogP contribution in [-0.2, 0) is 4.79 Å². The van der Waals surface area contributed by atoms with E-state index in [0.717, 1.165) is 43.7 Å². The quantitative estimate of drug-likeness (QED) is 0.434. The van der Waals surface area contributed by atoms with Crippen LogP contribution in [0.25, 0.3) is 0 Å². The average Bonchev–Trinajstić information content (AvgIpc) is 3.07. The van der Waals surface area contributed by atoms with E-state index in [0.29, 0.717) is 12.6 Å². The molecule has 1 amide bonds. The first-order valence-electron chi connectivity index (χ1n) is 7.80. The Morgan fingerprint density at radius 1 is 1.35 bits per heavy atom. The third-order valence-corrected chi connectivity index (χ3v) is 4.12. The predicted molar refractivity (Wildman–Crippen MR) is 100 cm³/mol. The second-order valence-corrected chi connectivity index (χ2v) is 5.66. The van der Waals surface area contributed by atoms with Crippen molar-refractivity contribution in [2.45, 2.75) is 25.3 Å². The zero-order valence-corrected chi connectivity index (χ0v) is 15.4. The smallest absolute Gasteiger partial charge is 0.244 e. The van der Waals surface area contributed by atoms with Gasteiger partial charge in [0.15, 0.2) is 5.96 Å². The molecule has 0 aliphatic carbocycles. The molecule has 2 aliphatic heterocycles. The van der Waals surface area contributed by atoms with Crippen LogP contribution in [0.4, 0.5) is 0 Å². The summed E-state index contributed by atoms with van der Waals surface area (Å²) < 4.78 is 5.62. The molecule has 7 heteroatoms. The Hall–Kier alpha value is -1.51. The van der Waals surface area contributed by atoms with Crippen LogP contribution in [0.3, 0.4) is 0 Å². The molecule has 23 heavy (non-hydrogen) atoms. The highest BCUT2D eigenvalue weighted by atomic mass is 127. The molecule has 0 radical (unpaired) electrons. The lowest BCUT2D eigenvalue weighted by molar-refractivity contribution is -0.128. The molecule has 1 aromatic rings. The number of nitrogens with one attached hydrogen (secondary N) is 1. The van der Waals surface area contributed by atoms with Crippen molar-refractivity contribution in [3.63, 3.8) is 0 Å². The second-order valence-electron chi connectivity index (χ2n) is 5.66. The monoisotopic (exact) mass is 430 g/mol. The maximum atomic E-state index is 12.0. The maximum Gasteiger partial charge on any atom is 0.244 e. The van der Waals surface area contributed by atoms with Crippen LogP contribution >= 0.6 is 24.0 Å². The van der Waals surface area contributed by atoms with Gasteiger partial charge in [-0.2, -0.15) is 0 Å². The van der Waals surface area contributed by atoms with E-state index in [4.69, 9.17) is 10.5 Å². The van der Waals surface area contributed by atoms with Gasteiger partial charge in [-0.15, -0.1) is 24.0 Å². The van der Waals surface area contributed by atoms with Gasteiger partial charge in [-0.05, 0) is 18.9 Å². The summed E-state index contributed by atoms with van der Waals surface area (Å²) >= 11 is 0. The fourth-order valence-electron chi connectivity index (χ4n) is 2.94. The Bertz CT molecular complexity index is 573. The average molecular weight is 430 g/mol. The highest BCUT2D eigenvalue weighted by molar-refractivity contribution is 14.0. The SMILES string of the molecule is I.NC(=NCC(=O)N1CCCC1)NC1CCOc2ccccc21. The summed E-state index contributed by atoms with van der Waals surface area (Å²) in [5.74, 6) is 1.25. The number of amides is 1. The second kappa shape index (κ2) is 8.37. The number of rotatable bonds is 3. The minimum atomic E-state index is 0. The van der Waals surface area contributed by atoms with E-state index in [1.54, 1.807) is 0 Å². The van der Waals surface area contributed by atoms with E-state index >= 15 is 0 Å². The lowest BCUT2D eigenvalue weighted by atomic mass is 10.0. The number of carbonyl (C=O) groups is 1. The van der Waals surface area contributed by atoms with Gasteiger partial charge in [-0.3, -0.25) is 4.79 Å². The van der Waals surface area contributed by atoms with E-state index in [-0.39, 0.29) is 42.5 Å². The normalized spacial score (nSPS) is 20.3. The third kappa shape index (κ3) is 4.49. The molecule has 3 N–H and O–H groups in total. The zero-order valence-electron chi connectivity index (χ0n) is 13.0. The van der Waals surface area contributed by atoms with Crippen molar-refractivity contribution in [3.05, 3.63) is 29.8 Å². The van der Waals surface area contributed by atoms with Gasteiger partial charge >= 0.3 is 0 Å². The molecule has 0 bridgehead atoms. The van der Waals surface area contributed by atoms with Gasteiger partial charge in [0.25, 0.3) is 0 Å². The summed E-state index contributed by atoms with van der Waals surface area (Å²) in [5, 5.41) is 3.20. The lowest BCUT2D eigenvalue weighted by Gasteiger charge is -2.27. The van der Waals surface area contributed by atoms with Crippen LogP contribution < -0.4 is 15.8 Å².